The van der Waals surface area contributed by atoms with Gasteiger partial charge in [0.05, 0.1) is 6.67 Å². The van der Waals surface area contributed by atoms with Crippen molar-refractivity contribution < 1.29 is 4.39 Å². The van der Waals surface area contributed by atoms with Crippen molar-refractivity contribution in [1.29, 1.82) is 0 Å². The second-order valence-electron chi connectivity index (χ2n) is 1.22. The van der Waals surface area contributed by atoms with Gasteiger partial charge < -0.3 is 0 Å². The Morgan fingerprint density at radius 2 is 2.00 bits per heavy atom. The first kappa shape index (κ1) is 8.73. The molecule has 0 aromatic heterocycles. The highest BCUT2D eigenvalue weighted by Gasteiger charge is 1.78. The van der Waals surface area contributed by atoms with Gasteiger partial charge in [-0.05, 0) is 7.05 Å². The number of halogens is 1. The number of hydrogen-bond donors (Lipinski definition) is 5. The lowest BCUT2D eigenvalue weighted by molar-refractivity contribution is 0.325. The lowest BCUT2D eigenvalue weighted by Crippen LogP contribution is -2.49. The third kappa shape index (κ3) is 7.73. The number of hydrogen-bond acceptors (Lipinski definition) is 5. The fourth-order valence-corrected chi connectivity index (χ4v) is 0.273. The van der Waals surface area contributed by atoms with Gasteiger partial charge in [-0.3, -0.25) is 5.43 Å². The van der Waals surface area contributed by atoms with Crippen LogP contribution in [0.15, 0.2) is 0 Å². The van der Waals surface area contributed by atoms with Gasteiger partial charge in [-0.1, -0.05) is 0 Å². The zero-order valence-electron chi connectivity index (χ0n) is 5.29. The Morgan fingerprint density at radius 3 is 2.56 bits per heavy atom. The van der Waals surface area contributed by atoms with Crippen LogP contribution in [0.3, 0.4) is 0 Å². The summed E-state index contributed by atoms with van der Waals surface area (Å²) in [6, 6.07) is 0. The third-order valence-corrected chi connectivity index (χ3v) is 0.597. The van der Waals surface area contributed by atoms with Gasteiger partial charge >= 0.3 is 0 Å². The Bertz CT molecular complexity index is 45.5. The maximum atomic E-state index is 11.3. The molecule has 0 rings (SSSR count). The summed E-state index contributed by atoms with van der Waals surface area (Å²) >= 11 is 0. The first-order valence-electron chi connectivity index (χ1n) is 2.58. The standard InChI is InChI=1S/C3H12FN5/c1-5-7-3-8-9-6-2-4/h5-9H,2-3H2,1H3. The van der Waals surface area contributed by atoms with E-state index in [2.05, 4.69) is 27.2 Å². The summed E-state index contributed by atoms with van der Waals surface area (Å²) in [4.78, 5) is 0. The molecule has 6 heteroatoms. The lowest BCUT2D eigenvalue weighted by Gasteiger charge is -2.05. The zero-order valence-corrected chi connectivity index (χ0v) is 5.29. The maximum absolute atomic E-state index is 11.3. The zero-order chi connectivity index (χ0) is 6.95. The fraction of sp³-hybridized carbons (Fsp3) is 1.00. The van der Waals surface area contributed by atoms with Gasteiger partial charge in [0.15, 0.2) is 6.80 Å². The Balaban J connectivity index is 2.60. The molecule has 0 atom stereocenters. The van der Waals surface area contributed by atoms with Gasteiger partial charge in [0.1, 0.15) is 0 Å². The van der Waals surface area contributed by atoms with Crippen molar-refractivity contribution in [2.75, 3.05) is 20.5 Å². The largest absolute Gasteiger partial charge is 0.260 e. The topological polar surface area (TPSA) is 60.1 Å². The molecule has 0 unspecified atom stereocenters. The molecule has 0 bridgehead atoms. The summed E-state index contributed by atoms with van der Waals surface area (Å²) in [5.41, 5.74) is 12.6. The first-order chi connectivity index (χ1) is 4.41. The summed E-state index contributed by atoms with van der Waals surface area (Å²) in [6.45, 7) is -0.101. The summed E-state index contributed by atoms with van der Waals surface area (Å²) in [6.07, 6.45) is 0. The van der Waals surface area contributed by atoms with Crippen molar-refractivity contribution >= 4 is 0 Å². The molecule has 9 heavy (non-hydrogen) atoms. The normalized spacial score (nSPS) is 10.0. The fourth-order valence-electron chi connectivity index (χ4n) is 0.273. The summed E-state index contributed by atoms with van der Waals surface area (Å²) in [5.74, 6) is 0. The molecule has 0 saturated heterocycles. The molecular weight excluding hydrogens is 125 g/mol. The van der Waals surface area contributed by atoms with Crippen molar-refractivity contribution in [1.82, 2.24) is 27.2 Å². The van der Waals surface area contributed by atoms with Crippen LogP contribution in [-0.2, 0) is 0 Å². The van der Waals surface area contributed by atoms with Crippen LogP contribution in [0, 0.1) is 0 Å². The predicted octanol–water partition coefficient (Wildman–Crippen LogP) is -1.81. The van der Waals surface area contributed by atoms with Crippen LogP contribution in [0.25, 0.3) is 0 Å². The molecular formula is C3H12FN5. The number of rotatable bonds is 6. The lowest BCUT2D eigenvalue weighted by atomic mass is 11.2. The monoisotopic (exact) mass is 137 g/mol. The minimum Gasteiger partial charge on any atom is -0.260 e. The van der Waals surface area contributed by atoms with E-state index in [1.807, 2.05) is 0 Å². The molecule has 0 aromatic carbocycles. The van der Waals surface area contributed by atoms with E-state index in [-0.39, 0.29) is 0 Å². The molecule has 0 saturated carbocycles. The average molecular weight is 137 g/mol. The SMILES string of the molecule is CNNCNNNCF. The molecule has 0 aliphatic carbocycles. The van der Waals surface area contributed by atoms with E-state index in [1.54, 1.807) is 7.05 Å². The van der Waals surface area contributed by atoms with Crippen molar-refractivity contribution in [3.8, 4) is 0 Å². The van der Waals surface area contributed by atoms with Crippen molar-refractivity contribution in [2.24, 2.45) is 0 Å². The minimum atomic E-state index is -0.605. The van der Waals surface area contributed by atoms with E-state index in [0.29, 0.717) is 6.67 Å². The third-order valence-electron chi connectivity index (χ3n) is 0.597. The molecule has 5 nitrogen and oxygen atoms in total. The van der Waals surface area contributed by atoms with Crippen LogP contribution < -0.4 is 27.2 Å². The highest BCUT2D eigenvalue weighted by Crippen LogP contribution is 1.47. The van der Waals surface area contributed by atoms with Crippen molar-refractivity contribution in [2.45, 2.75) is 0 Å². The van der Waals surface area contributed by atoms with Crippen LogP contribution >= 0.6 is 0 Å². The minimum absolute atomic E-state index is 0.503. The van der Waals surface area contributed by atoms with Gasteiger partial charge in [0.2, 0.25) is 0 Å². The first-order valence-corrected chi connectivity index (χ1v) is 2.58. The maximum Gasteiger partial charge on any atom is 0.153 e. The van der Waals surface area contributed by atoms with Crippen LogP contribution in [-0.4, -0.2) is 20.5 Å². The highest BCUT2D eigenvalue weighted by atomic mass is 19.1. The Kier molecular flexibility index (Phi) is 7.50. The van der Waals surface area contributed by atoms with Crippen molar-refractivity contribution in [3.63, 3.8) is 0 Å². The van der Waals surface area contributed by atoms with Crippen LogP contribution in [0.5, 0.6) is 0 Å². The van der Waals surface area contributed by atoms with E-state index >= 15 is 0 Å². The second kappa shape index (κ2) is 7.73. The molecule has 0 aliphatic rings. The van der Waals surface area contributed by atoms with Crippen LogP contribution in [0.4, 0.5) is 4.39 Å². The van der Waals surface area contributed by atoms with E-state index in [0.717, 1.165) is 0 Å². The number of nitrogens with one attached hydrogen (secondary N) is 5. The molecule has 0 heterocycles. The van der Waals surface area contributed by atoms with Gasteiger partial charge in [-0.25, -0.2) is 20.7 Å². The molecule has 0 spiro atoms. The smallest absolute Gasteiger partial charge is 0.153 e. The predicted molar refractivity (Wildman–Crippen MR) is 32.4 cm³/mol. The van der Waals surface area contributed by atoms with Gasteiger partial charge in [-0.2, -0.15) is 5.53 Å². The summed E-state index contributed by atoms with van der Waals surface area (Å²) in [7, 11) is 1.74. The molecule has 0 aliphatic heterocycles. The Hall–Kier alpha value is -0.270. The molecule has 56 valence electrons. The van der Waals surface area contributed by atoms with E-state index < -0.39 is 6.80 Å². The molecule has 0 amide bonds. The summed E-state index contributed by atoms with van der Waals surface area (Å²) < 4.78 is 11.3. The van der Waals surface area contributed by atoms with Gasteiger partial charge in [0, 0.05) is 0 Å². The number of alkyl halides is 1. The molecule has 0 radical (unpaired) electrons. The second-order valence-corrected chi connectivity index (χ2v) is 1.22. The quantitative estimate of drug-likeness (QED) is 0.129. The van der Waals surface area contributed by atoms with Gasteiger partial charge in [0.25, 0.3) is 0 Å². The number of hydrazine groups is 3. The molecule has 5 N–H and O–H groups in total. The summed E-state index contributed by atoms with van der Waals surface area (Å²) in [5, 5.41) is 0. The Morgan fingerprint density at radius 1 is 1.22 bits per heavy atom. The average Bonchev–Trinajstić information content (AvgIpc) is 1.89. The Labute approximate surface area is 53.3 Å². The van der Waals surface area contributed by atoms with E-state index in [1.165, 1.54) is 0 Å². The van der Waals surface area contributed by atoms with Crippen LogP contribution in [0.2, 0.25) is 0 Å². The highest BCUT2D eigenvalue weighted by molar-refractivity contribution is 4.26. The molecule has 0 fully saturated rings. The van der Waals surface area contributed by atoms with Gasteiger partial charge in [-0.15, -0.1) is 0 Å². The van der Waals surface area contributed by atoms with Crippen LogP contribution in [0.1, 0.15) is 0 Å². The van der Waals surface area contributed by atoms with E-state index in [4.69, 9.17) is 0 Å². The van der Waals surface area contributed by atoms with E-state index in [9.17, 15) is 4.39 Å². The molecule has 0 aromatic rings. The van der Waals surface area contributed by atoms with Crippen molar-refractivity contribution in [3.05, 3.63) is 0 Å².